The number of hydrogen-bond donors (Lipinski definition) is 1. The topological polar surface area (TPSA) is 15.3 Å². The number of halogens is 1. The summed E-state index contributed by atoms with van der Waals surface area (Å²) in [5, 5.41) is 3.35. The molecule has 2 aromatic rings. The van der Waals surface area contributed by atoms with Crippen molar-refractivity contribution in [3.8, 4) is 0 Å². The largest absolute Gasteiger partial charge is 0.314 e. The van der Waals surface area contributed by atoms with Gasteiger partial charge < -0.3 is 5.32 Å². The van der Waals surface area contributed by atoms with E-state index in [0.29, 0.717) is 0 Å². The molecule has 0 aromatic heterocycles. The van der Waals surface area contributed by atoms with E-state index in [1.165, 1.54) is 0 Å². The summed E-state index contributed by atoms with van der Waals surface area (Å²) >= 11 is 0. The number of benzene rings is 2. The molecule has 0 spiro atoms. The molecule has 1 saturated heterocycles. The smallest absolute Gasteiger partial charge is 0.128 e. The van der Waals surface area contributed by atoms with Gasteiger partial charge in [0, 0.05) is 31.7 Å². The summed E-state index contributed by atoms with van der Waals surface area (Å²) in [5.74, 6) is -0.125. The Bertz CT molecular complexity index is 550. The third-order valence-corrected chi connectivity index (χ3v) is 3.83. The van der Waals surface area contributed by atoms with Gasteiger partial charge in [-0.2, -0.15) is 0 Å². The van der Waals surface area contributed by atoms with E-state index in [1.807, 2.05) is 30.3 Å². The van der Waals surface area contributed by atoms with E-state index in [2.05, 4.69) is 22.3 Å². The van der Waals surface area contributed by atoms with Crippen molar-refractivity contribution in [2.75, 3.05) is 26.2 Å². The Morgan fingerprint density at radius 2 is 1.55 bits per heavy atom. The minimum absolute atomic E-state index is 0.000463. The quantitative estimate of drug-likeness (QED) is 0.922. The Morgan fingerprint density at radius 1 is 0.900 bits per heavy atom. The molecule has 1 heterocycles. The summed E-state index contributed by atoms with van der Waals surface area (Å²) < 4.78 is 14.2. The molecule has 0 radical (unpaired) electrons. The molecular weight excluding hydrogens is 251 g/mol. The zero-order valence-electron chi connectivity index (χ0n) is 11.4. The molecule has 1 unspecified atom stereocenters. The van der Waals surface area contributed by atoms with Gasteiger partial charge in [0.15, 0.2) is 0 Å². The Balaban J connectivity index is 2.01. The van der Waals surface area contributed by atoms with Gasteiger partial charge in [0.25, 0.3) is 0 Å². The summed E-state index contributed by atoms with van der Waals surface area (Å²) in [7, 11) is 0. The summed E-state index contributed by atoms with van der Waals surface area (Å²) in [5.41, 5.74) is 1.92. The molecule has 0 aliphatic carbocycles. The third-order valence-electron chi connectivity index (χ3n) is 3.83. The Labute approximate surface area is 119 Å². The first kappa shape index (κ1) is 13.3. The predicted molar refractivity (Wildman–Crippen MR) is 79.1 cm³/mol. The number of rotatable bonds is 3. The molecule has 1 aliphatic rings. The fraction of sp³-hybridized carbons (Fsp3) is 0.294. The monoisotopic (exact) mass is 270 g/mol. The highest BCUT2D eigenvalue weighted by Crippen LogP contribution is 2.30. The van der Waals surface area contributed by atoms with Crippen LogP contribution in [-0.4, -0.2) is 31.1 Å². The minimum Gasteiger partial charge on any atom is -0.314 e. The van der Waals surface area contributed by atoms with Crippen LogP contribution in [0, 0.1) is 5.82 Å². The zero-order chi connectivity index (χ0) is 13.8. The van der Waals surface area contributed by atoms with Crippen LogP contribution in [0.4, 0.5) is 4.39 Å². The summed E-state index contributed by atoms with van der Waals surface area (Å²) in [6.07, 6.45) is 0. The van der Waals surface area contributed by atoms with Crippen LogP contribution in [0.15, 0.2) is 54.6 Å². The molecule has 1 atom stereocenters. The van der Waals surface area contributed by atoms with Crippen LogP contribution in [0.5, 0.6) is 0 Å². The molecule has 104 valence electrons. The average Bonchev–Trinajstić information content (AvgIpc) is 2.52. The average molecular weight is 270 g/mol. The van der Waals surface area contributed by atoms with E-state index in [-0.39, 0.29) is 11.9 Å². The summed E-state index contributed by atoms with van der Waals surface area (Å²) in [6, 6.07) is 17.3. The van der Waals surface area contributed by atoms with Gasteiger partial charge in [0.1, 0.15) is 5.82 Å². The normalized spacial score (nSPS) is 17.9. The van der Waals surface area contributed by atoms with E-state index in [4.69, 9.17) is 0 Å². The molecular formula is C17H19FN2. The van der Waals surface area contributed by atoms with Crippen molar-refractivity contribution < 1.29 is 4.39 Å². The van der Waals surface area contributed by atoms with Crippen molar-refractivity contribution in [2.24, 2.45) is 0 Å². The highest BCUT2D eigenvalue weighted by atomic mass is 19.1. The van der Waals surface area contributed by atoms with Crippen LogP contribution in [0.1, 0.15) is 17.2 Å². The van der Waals surface area contributed by atoms with Crippen LogP contribution in [0.2, 0.25) is 0 Å². The van der Waals surface area contributed by atoms with Crippen molar-refractivity contribution in [2.45, 2.75) is 6.04 Å². The second-order valence-corrected chi connectivity index (χ2v) is 5.12. The fourth-order valence-corrected chi connectivity index (χ4v) is 2.86. The first-order valence-electron chi connectivity index (χ1n) is 7.10. The SMILES string of the molecule is Fc1ccccc1C(c1ccccc1)N1CCNCC1. The maximum absolute atomic E-state index is 14.2. The van der Waals surface area contributed by atoms with E-state index in [0.717, 1.165) is 37.3 Å². The highest BCUT2D eigenvalue weighted by Gasteiger charge is 2.25. The molecule has 1 fully saturated rings. The molecule has 0 amide bonds. The van der Waals surface area contributed by atoms with Gasteiger partial charge in [-0.05, 0) is 11.6 Å². The Morgan fingerprint density at radius 3 is 2.25 bits per heavy atom. The molecule has 3 rings (SSSR count). The van der Waals surface area contributed by atoms with Crippen molar-refractivity contribution in [3.63, 3.8) is 0 Å². The molecule has 2 aromatic carbocycles. The van der Waals surface area contributed by atoms with Crippen molar-refractivity contribution in [1.82, 2.24) is 10.2 Å². The summed E-state index contributed by atoms with van der Waals surface area (Å²) in [4.78, 5) is 2.35. The van der Waals surface area contributed by atoms with E-state index in [9.17, 15) is 4.39 Å². The minimum atomic E-state index is -0.125. The summed E-state index contributed by atoms with van der Waals surface area (Å²) in [6.45, 7) is 3.79. The van der Waals surface area contributed by atoms with Crippen LogP contribution in [-0.2, 0) is 0 Å². The fourth-order valence-electron chi connectivity index (χ4n) is 2.86. The molecule has 20 heavy (non-hydrogen) atoms. The van der Waals surface area contributed by atoms with Gasteiger partial charge in [-0.25, -0.2) is 4.39 Å². The van der Waals surface area contributed by atoms with Crippen LogP contribution in [0.3, 0.4) is 0 Å². The zero-order valence-corrected chi connectivity index (χ0v) is 11.4. The van der Waals surface area contributed by atoms with Crippen LogP contribution < -0.4 is 5.32 Å². The van der Waals surface area contributed by atoms with Crippen LogP contribution >= 0.6 is 0 Å². The lowest BCUT2D eigenvalue weighted by Gasteiger charge is -2.35. The lowest BCUT2D eigenvalue weighted by Crippen LogP contribution is -2.45. The molecule has 2 nitrogen and oxygen atoms in total. The van der Waals surface area contributed by atoms with E-state index >= 15 is 0 Å². The van der Waals surface area contributed by atoms with Gasteiger partial charge in [0.05, 0.1) is 6.04 Å². The van der Waals surface area contributed by atoms with Gasteiger partial charge in [-0.1, -0.05) is 48.5 Å². The highest BCUT2D eigenvalue weighted by molar-refractivity contribution is 5.33. The first-order valence-corrected chi connectivity index (χ1v) is 7.10. The lowest BCUT2D eigenvalue weighted by molar-refractivity contribution is 0.195. The molecule has 1 aliphatic heterocycles. The van der Waals surface area contributed by atoms with E-state index < -0.39 is 0 Å². The van der Waals surface area contributed by atoms with E-state index in [1.54, 1.807) is 12.1 Å². The van der Waals surface area contributed by atoms with Gasteiger partial charge in [0.2, 0.25) is 0 Å². The maximum atomic E-state index is 14.2. The van der Waals surface area contributed by atoms with Gasteiger partial charge in [-0.15, -0.1) is 0 Å². The van der Waals surface area contributed by atoms with Crippen molar-refractivity contribution in [1.29, 1.82) is 0 Å². The van der Waals surface area contributed by atoms with Gasteiger partial charge in [-0.3, -0.25) is 4.90 Å². The third kappa shape index (κ3) is 2.74. The second-order valence-electron chi connectivity index (χ2n) is 5.12. The molecule has 3 heteroatoms. The lowest BCUT2D eigenvalue weighted by atomic mass is 9.96. The first-order chi connectivity index (χ1) is 9.86. The number of nitrogens with zero attached hydrogens (tertiary/aromatic N) is 1. The molecule has 0 bridgehead atoms. The number of hydrogen-bond acceptors (Lipinski definition) is 2. The number of piperazine rings is 1. The predicted octanol–water partition coefficient (Wildman–Crippen LogP) is 2.82. The number of nitrogens with one attached hydrogen (secondary N) is 1. The molecule has 1 N–H and O–H groups in total. The Hall–Kier alpha value is -1.71. The Kier molecular flexibility index (Phi) is 4.09. The second kappa shape index (κ2) is 6.16. The molecule has 0 saturated carbocycles. The maximum Gasteiger partial charge on any atom is 0.128 e. The standard InChI is InChI=1S/C17H19FN2/c18-16-9-5-4-8-15(16)17(14-6-2-1-3-7-14)20-12-10-19-11-13-20/h1-9,17,19H,10-13H2. The van der Waals surface area contributed by atoms with Crippen molar-refractivity contribution in [3.05, 3.63) is 71.5 Å². The van der Waals surface area contributed by atoms with Crippen LogP contribution in [0.25, 0.3) is 0 Å². The van der Waals surface area contributed by atoms with Crippen molar-refractivity contribution >= 4 is 0 Å². The van der Waals surface area contributed by atoms with Gasteiger partial charge >= 0.3 is 0 Å².